The van der Waals surface area contributed by atoms with Gasteiger partial charge in [0.2, 0.25) is 11.7 Å². The van der Waals surface area contributed by atoms with Crippen molar-refractivity contribution in [1.29, 1.82) is 0 Å². The molecule has 0 aliphatic carbocycles. The fourth-order valence-electron chi connectivity index (χ4n) is 5.02. The van der Waals surface area contributed by atoms with Crippen LogP contribution in [-0.4, -0.2) is 60.5 Å². The number of primary amides is 1. The number of aromatic nitrogens is 6. The predicted molar refractivity (Wildman–Crippen MR) is 149 cm³/mol. The lowest BCUT2D eigenvalue weighted by molar-refractivity contribution is -0.171. The number of rotatable bonds is 10. The first kappa shape index (κ1) is 27.7. The first-order valence-corrected chi connectivity index (χ1v) is 13.8. The summed E-state index contributed by atoms with van der Waals surface area (Å²) in [6.07, 6.45) is 2.71. The zero-order valence-electron chi connectivity index (χ0n) is 23.3. The van der Waals surface area contributed by atoms with Crippen LogP contribution in [0.4, 0.5) is 0 Å². The number of hydrogen-bond donors (Lipinski definition) is 2. The number of ether oxygens (including phenoxy) is 3. The summed E-state index contributed by atoms with van der Waals surface area (Å²) in [6, 6.07) is 11.0. The van der Waals surface area contributed by atoms with Gasteiger partial charge in [-0.15, -0.1) is 15.3 Å². The molecule has 1 amide bonds. The Bertz CT molecular complexity index is 1740. The molecule has 42 heavy (non-hydrogen) atoms. The fraction of sp³-hybridized carbons (Fsp3) is 0.379. The third-order valence-corrected chi connectivity index (χ3v) is 7.31. The van der Waals surface area contributed by atoms with E-state index in [0.717, 1.165) is 30.0 Å². The lowest BCUT2D eigenvalue weighted by atomic mass is 9.97. The highest BCUT2D eigenvalue weighted by Crippen LogP contribution is 2.30. The van der Waals surface area contributed by atoms with Crippen LogP contribution in [0.1, 0.15) is 65.2 Å². The number of carbonyl (C=O) groups excluding carboxylic acids is 1. The van der Waals surface area contributed by atoms with Crippen molar-refractivity contribution in [2.45, 2.75) is 58.5 Å². The standard InChI is InChI=1S/C29H31N7O6/c1-16(13-37)21-12-22(26(30)38)17(2)31-24(21)15-41-29-20-8-4-3-7-19(20)27-32-33-28(36(27)34-29)23-11-18(42-35-23)14-40-25-9-5-6-10-39-25/h3-4,7-8,11-12,16,25,37H,5-6,9-10,13-15H2,1-2H3,(H2,30,38)/t16-,25?/m0/s1. The first-order chi connectivity index (χ1) is 20.4. The van der Waals surface area contributed by atoms with E-state index in [2.05, 4.69) is 20.3 Å². The molecular formula is C29H31N7O6. The van der Waals surface area contributed by atoms with Gasteiger partial charge < -0.3 is 29.6 Å². The van der Waals surface area contributed by atoms with Crippen molar-refractivity contribution in [2.75, 3.05) is 13.2 Å². The molecule has 5 aromatic rings. The highest BCUT2D eigenvalue weighted by molar-refractivity contribution is 5.97. The lowest BCUT2D eigenvalue weighted by Gasteiger charge is -2.21. The molecule has 1 fully saturated rings. The van der Waals surface area contributed by atoms with Gasteiger partial charge in [0, 0.05) is 36.0 Å². The molecule has 6 rings (SSSR count). The third kappa shape index (κ3) is 5.41. The maximum atomic E-state index is 11.9. The normalized spacial score (nSPS) is 16.2. The Morgan fingerprint density at radius 3 is 2.79 bits per heavy atom. The Labute approximate surface area is 240 Å². The van der Waals surface area contributed by atoms with Crippen molar-refractivity contribution in [3.05, 3.63) is 64.7 Å². The van der Waals surface area contributed by atoms with Crippen LogP contribution in [0.2, 0.25) is 0 Å². The van der Waals surface area contributed by atoms with Crippen molar-refractivity contribution >= 4 is 22.3 Å². The van der Waals surface area contributed by atoms with E-state index in [1.54, 1.807) is 23.6 Å². The summed E-state index contributed by atoms with van der Waals surface area (Å²) < 4.78 is 24.8. The molecular weight excluding hydrogens is 542 g/mol. The fourth-order valence-corrected chi connectivity index (χ4v) is 5.02. The van der Waals surface area contributed by atoms with Crippen LogP contribution in [0, 0.1) is 6.92 Å². The summed E-state index contributed by atoms with van der Waals surface area (Å²) in [5.74, 6) is 0.351. The first-order valence-electron chi connectivity index (χ1n) is 13.8. The van der Waals surface area contributed by atoms with Crippen LogP contribution < -0.4 is 10.5 Å². The molecule has 5 heterocycles. The molecule has 0 radical (unpaired) electrons. The molecule has 218 valence electrons. The van der Waals surface area contributed by atoms with Gasteiger partial charge in [0.25, 0.3) is 5.91 Å². The summed E-state index contributed by atoms with van der Waals surface area (Å²) in [5, 5.41) is 29.0. The van der Waals surface area contributed by atoms with Gasteiger partial charge in [-0.1, -0.05) is 30.3 Å². The molecule has 0 saturated carbocycles. The minimum Gasteiger partial charge on any atom is -0.470 e. The topological polar surface area (TPSA) is 173 Å². The number of aryl methyl sites for hydroxylation is 1. The van der Waals surface area contributed by atoms with Crippen LogP contribution in [0.5, 0.6) is 5.88 Å². The summed E-state index contributed by atoms with van der Waals surface area (Å²) in [4.78, 5) is 16.5. The van der Waals surface area contributed by atoms with Crippen LogP contribution in [0.3, 0.4) is 0 Å². The molecule has 13 nitrogen and oxygen atoms in total. The van der Waals surface area contributed by atoms with Crippen LogP contribution in [-0.2, 0) is 22.7 Å². The van der Waals surface area contributed by atoms with Crippen LogP contribution in [0.15, 0.2) is 40.9 Å². The van der Waals surface area contributed by atoms with Gasteiger partial charge in [-0.05, 0) is 43.9 Å². The number of fused-ring (bicyclic) bond motifs is 3. The molecule has 2 atom stereocenters. The lowest BCUT2D eigenvalue weighted by Crippen LogP contribution is -2.21. The smallest absolute Gasteiger partial charge is 0.250 e. The molecule has 1 unspecified atom stereocenters. The molecule has 4 aromatic heterocycles. The van der Waals surface area contributed by atoms with Gasteiger partial charge in [-0.3, -0.25) is 9.78 Å². The Balaban J connectivity index is 1.32. The highest BCUT2D eigenvalue weighted by atomic mass is 16.7. The summed E-state index contributed by atoms with van der Waals surface area (Å²) >= 11 is 0. The van der Waals surface area contributed by atoms with Crippen molar-refractivity contribution in [3.63, 3.8) is 0 Å². The Morgan fingerprint density at radius 2 is 2.02 bits per heavy atom. The number of amides is 1. The SMILES string of the molecule is Cc1nc(COc2nn3c(-c4cc(COC5CCCCO5)on4)nnc3c3ccccc23)c([C@@H](C)CO)cc1C(N)=O. The third-order valence-electron chi connectivity index (χ3n) is 7.31. The maximum absolute atomic E-state index is 11.9. The summed E-state index contributed by atoms with van der Waals surface area (Å²) in [7, 11) is 0. The Kier molecular flexibility index (Phi) is 7.78. The number of pyridine rings is 1. The average molecular weight is 574 g/mol. The van der Waals surface area contributed by atoms with Crippen LogP contribution >= 0.6 is 0 Å². The van der Waals surface area contributed by atoms with Crippen molar-refractivity contribution in [3.8, 4) is 17.4 Å². The van der Waals surface area contributed by atoms with Crippen molar-refractivity contribution < 1.29 is 28.6 Å². The predicted octanol–water partition coefficient (Wildman–Crippen LogP) is 3.45. The zero-order chi connectivity index (χ0) is 29.2. The van der Waals surface area contributed by atoms with E-state index in [0.29, 0.717) is 57.9 Å². The zero-order valence-corrected chi connectivity index (χ0v) is 23.3. The number of hydrogen-bond acceptors (Lipinski definition) is 11. The van der Waals surface area contributed by atoms with Gasteiger partial charge in [0.05, 0.1) is 17.0 Å². The van der Waals surface area contributed by atoms with Gasteiger partial charge in [-0.2, -0.15) is 4.52 Å². The summed E-state index contributed by atoms with van der Waals surface area (Å²) in [5.41, 5.74) is 8.52. The van der Waals surface area contributed by atoms with Crippen molar-refractivity contribution in [2.24, 2.45) is 5.73 Å². The average Bonchev–Trinajstić information content (AvgIpc) is 3.66. The van der Waals surface area contributed by atoms with Gasteiger partial charge in [0.15, 0.2) is 23.4 Å². The monoisotopic (exact) mass is 573 g/mol. The molecule has 0 spiro atoms. The van der Waals surface area contributed by atoms with E-state index in [-0.39, 0.29) is 32.0 Å². The number of carbonyl (C=O) groups is 1. The van der Waals surface area contributed by atoms with E-state index in [1.807, 2.05) is 31.2 Å². The largest absolute Gasteiger partial charge is 0.470 e. The molecule has 1 aromatic carbocycles. The number of benzene rings is 1. The molecule has 1 aliphatic rings. The molecule has 1 aliphatic heterocycles. The quantitative estimate of drug-likeness (QED) is 0.250. The van der Waals surface area contributed by atoms with E-state index in [1.165, 1.54) is 0 Å². The second-order valence-corrected chi connectivity index (χ2v) is 10.3. The maximum Gasteiger partial charge on any atom is 0.250 e. The van der Waals surface area contributed by atoms with E-state index in [4.69, 9.17) is 29.6 Å². The van der Waals surface area contributed by atoms with E-state index < -0.39 is 5.91 Å². The van der Waals surface area contributed by atoms with E-state index >= 15 is 0 Å². The number of aliphatic hydroxyl groups is 1. The number of aliphatic hydroxyl groups excluding tert-OH is 1. The molecule has 3 N–H and O–H groups in total. The molecule has 13 heteroatoms. The van der Waals surface area contributed by atoms with Gasteiger partial charge in [0.1, 0.15) is 13.2 Å². The highest BCUT2D eigenvalue weighted by Gasteiger charge is 2.22. The molecule has 0 bridgehead atoms. The Hall–Kier alpha value is -4.46. The van der Waals surface area contributed by atoms with E-state index in [9.17, 15) is 9.90 Å². The second-order valence-electron chi connectivity index (χ2n) is 10.3. The van der Waals surface area contributed by atoms with Gasteiger partial charge in [-0.25, -0.2) is 0 Å². The number of nitrogens with two attached hydrogens (primary N) is 1. The van der Waals surface area contributed by atoms with Crippen molar-refractivity contribution in [1.82, 2.24) is 30.0 Å². The van der Waals surface area contributed by atoms with Gasteiger partial charge >= 0.3 is 0 Å². The Morgan fingerprint density at radius 1 is 1.19 bits per heavy atom. The van der Waals surface area contributed by atoms with Crippen LogP contribution in [0.25, 0.3) is 27.9 Å². The second kappa shape index (κ2) is 11.8. The minimum absolute atomic E-state index is 0.0359. The minimum atomic E-state index is -0.581. The number of nitrogens with zero attached hydrogens (tertiary/aromatic N) is 6. The summed E-state index contributed by atoms with van der Waals surface area (Å²) in [6.45, 7) is 4.36. The molecule has 1 saturated heterocycles.